The van der Waals surface area contributed by atoms with E-state index in [1.807, 2.05) is 0 Å². The number of aryl methyl sites for hydroxylation is 1. The minimum atomic E-state index is -2.36. The van der Waals surface area contributed by atoms with Crippen LogP contribution in [0.1, 0.15) is 43.0 Å². The van der Waals surface area contributed by atoms with Gasteiger partial charge in [-0.05, 0) is 43.9 Å². The molecule has 0 fully saturated rings. The number of carbonyl (C=O) groups excluding carboxylic acids is 1. The maximum absolute atomic E-state index is 15.5. The van der Waals surface area contributed by atoms with Crippen LogP contribution in [0.5, 0.6) is 0 Å². The molecule has 0 amide bonds. The largest absolute Gasteiger partial charge is 0.384 e. The second-order valence-corrected chi connectivity index (χ2v) is 6.73. The van der Waals surface area contributed by atoms with Gasteiger partial charge in [-0.15, -0.1) is 0 Å². The van der Waals surface area contributed by atoms with E-state index in [9.17, 15) is 23.1 Å². The second kappa shape index (κ2) is 6.46. The average molecular weight is 367 g/mol. The Morgan fingerprint density at radius 1 is 1.19 bits per heavy atom. The highest BCUT2D eigenvalue weighted by Gasteiger charge is 2.49. The van der Waals surface area contributed by atoms with Gasteiger partial charge in [-0.25, -0.2) is 17.6 Å². The molecule has 2 atom stereocenters. The molecule has 1 aromatic heterocycles. The number of halogens is 4. The van der Waals surface area contributed by atoms with Crippen molar-refractivity contribution < 1.29 is 27.5 Å². The summed E-state index contributed by atoms with van der Waals surface area (Å²) < 4.78 is 55.5. The third-order valence-electron chi connectivity index (χ3n) is 4.88. The summed E-state index contributed by atoms with van der Waals surface area (Å²) in [6.07, 6.45) is 0.505. The molecule has 138 valence electrons. The van der Waals surface area contributed by atoms with E-state index in [0.29, 0.717) is 0 Å². The molecule has 1 aromatic carbocycles. The molecule has 1 aliphatic carbocycles. The summed E-state index contributed by atoms with van der Waals surface area (Å²) in [7, 11) is 0. The summed E-state index contributed by atoms with van der Waals surface area (Å²) in [5.74, 6) is -5.13. The van der Waals surface area contributed by atoms with E-state index in [1.54, 1.807) is 0 Å². The van der Waals surface area contributed by atoms with Gasteiger partial charge in [-0.3, -0.25) is 9.78 Å². The Balaban J connectivity index is 1.85. The number of aromatic nitrogens is 1. The number of pyridine rings is 1. The van der Waals surface area contributed by atoms with E-state index in [4.69, 9.17) is 0 Å². The average Bonchev–Trinajstić information content (AvgIpc) is 2.62. The van der Waals surface area contributed by atoms with Gasteiger partial charge < -0.3 is 5.11 Å². The van der Waals surface area contributed by atoms with Crippen molar-refractivity contribution in [3.8, 4) is 0 Å². The molecule has 1 heterocycles. The molecule has 2 aromatic rings. The van der Waals surface area contributed by atoms with Crippen LogP contribution in [-0.2, 0) is 22.5 Å². The first-order valence-corrected chi connectivity index (χ1v) is 8.20. The van der Waals surface area contributed by atoms with E-state index >= 15 is 4.39 Å². The first-order valence-electron chi connectivity index (χ1n) is 8.20. The first-order chi connectivity index (χ1) is 12.2. The van der Waals surface area contributed by atoms with Crippen molar-refractivity contribution in [2.24, 2.45) is 0 Å². The van der Waals surface area contributed by atoms with Gasteiger partial charge in [0.1, 0.15) is 5.60 Å². The lowest BCUT2D eigenvalue weighted by Gasteiger charge is -2.37. The predicted octanol–water partition coefficient (Wildman–Crippen LogP) is 3.87. The van der Waals surface area contributed by atoms with Gasteiger partial charge in [0.05, 0.1) is 5.69 Å². The zero-order valence-electron chi connectivity index (χ0n) is 14.0. The van der Waals surface area contributed by atoms with Crippen LogP contribution in [0.2, 0.25) is 0 Å². The van der Waals surface area contributed by atoms with Crippen LogP contribution in [0.4, 0.5) is 17.6 Å². The predicted molar refractivity (Wildman–Crippen MR) is 85.5 cm³/mol. The van der Waals surface area contributed by atoms with Crippen LogP contribution in [0.3, 0.4) is 0 Å². The molecular formula is C19H17F4NO2. The molecule has 7 heteroatoms. The topological polar surface area (TPSA) is 50.2 Å². The Morgan fingerprint density at radius 3 is 2.65 bits per heavy atom. The number of alkyl halides is 1. The van der Waals surface area contributed by atoms with Gasteiger partial charge in [-0.2, -0.15) is 0 Å². The van der Waals surface area contributed by atoms with Crippen LogP contribution in [-0.4, -0.2) is 15.9 Å². The Hall–Kier alpha value is -2.28. The Kier molecular flexibility index (Phi) is 4.60. The Labute approximate surface area is 147 Å². The van der Waals surface area contributed by atoms with Crippen molar-refractivity contribution >= 4 is 5.78 Å². The highest BCUT2D eigenvalue weighted by atomic mass is 19.2. The number of rotatable bonds is 4. The van der Waals surface area contributed by atoms with Crippen LogP contribution in [0.25, 0.3) is 0 Å². The standard InChI is InChI=1S/C19H17F4NO2/c1-18(26)8-9-19(23,12-3-2-10-24-17(12)18)14(25)7-5-11-4-6-13(20)16(22)15(11)21/h2-4,6,10,26H,5,7-9H2,1H3/t18-,19-/m0/s1. The van der Waals surface area contributed by atoms with E-state index in [0.717, 1.165) is 12.1 Å². The zero-order valence-corrected chi connectivity index (χ0v) is 14.0. The summed E-state index contributed by atoms with van der Waals surface area (Å²) in [6.45, 7) is 1.50. The van der Waals surface area contributed by atoms with Crippen molar-refractivity contribution in [2.75, 3.05) is 0 Å². The molecule has 0 saturated carbocycles. The van der Waals surface area contributed by atoms with Crippen LogP contribution < -0.4 is 0 Å². The summed E-state index contributed by atoms with van der Waals surface area (Å²) in [4.78, 5) is 16.6. The summed E-state index contributed by atoms with van der Waals surface area (Å²) in [5.41, 5.74) is -3.82. The van der Waals surface area contributed by atoms with Crippen molar-refractivity contribution in [2.45, 2.75) is 43.9 Å². The summed E-state index contributed by atoms with van der Waals surface area (Å²) >= 11 is 0. The fourth-order valence-electron chi connectivity index (χ4n) is 3.32. The van der Waals surface area contributed by atoms with Crippen molar-refractivity contribution in [3.05, 3.63) is 64.7 Å². The van der Waals surface area contributed by atoms with Gasteiger partial charge in [0.2, 0.25) is 0 Å². The highest BCUT2D eigenvalue weighted by Crippen LogP contribution is 2.46. The van der Waals surface area contributed by atoms with Crippen LogP contribution in [0, 0.1) is 17.5 Å². The Bertz CT molecular complexity index is 869. The van der Waals surface area contributed by atoms with E-state index in [1.165, 1.54) is 25.3 Å². The number of ketones is 1. The molecule has 0 saturated heterocycles. The number of Topliss-reactive ketones (excluding diaryl/α,β-unsaturated/α-hetero) is 1. The monoisotopic (exact) mass is 367 g/mol. The molecular weight excluding hydrogens is 350 g/mol. The van der Waals surface area contributed by atoms with Crippen LogP contribution in [0.15, 0.2) is 30.5 Å². The molecule has 1 aliphatic rings. The number of nitrogens with zero attached hydrogens (tertiary/aromatic N) is 1. The summed E-state index contributed by atoms with van der Waals surface area (Å²) in [5, 5.41) is 10.4. The molecule has 0 aliphatic heterocycles. The maximum Gasteiger partial charge on any atom is 0.195 e. The zero-order chi connectivity index (χ0) is 19.1. The summed E-state index contributed by atoms with van der Waals surface area (Å²) in [6, 6.07) is 4.66. The third-order valence-corrected chi connectivity index (χ3v) is 4.88. The third kappa shape index (κ3) is 3.00. The van der Waals surface area contributed by atoms with Gasteiger partial charge in [0.25, 0.3) is 0 Å². The second-order valence-electron chi connectivity index (χ2n) is 6.73. The first kappa shape index (κ1) is 18.5. The minimum absolute atomic E-state index is 0.00120. The molecule has 1 N–H and O–H groups in total. The normalized spacial score (nSPS) is 25.0. The van der Waals surface area contributed by atoms with E-state index in [2.05, 4.69) is 4.98 Å². The molecule has 3 rings (SSSR count). The van der Waals surface area contributed by atoms with Crippen molar-refractivity contribution in [3.63, 3.8) is 0 Å². The van der Waals surface area contributed by atoms with Gasteiger partial charge in [0, 0.05) is 18.2 Å². The van der Waals surface area contributed by atoms with Gasteiger partial charge in [-0.1, -0.05) is 12.1 Å². The van der Waals surface area contributed by atoms with Gasteiger partial charge >= 0.3 is 0 Å². The minimum Gasteiger partial charge on any atom is -0.384 e. The van der Waals surface area contributed by atoms with Crippen molar-refractivity contribution in [1.29, 1.82) is 0 Å². The quantitative estimate of drug-likeness (QED) is 0.659. The number of fused-ring (bicyclic) bond motifs is 1. The number of aliphatic hydroxyl groups is 1. The highest BCUT2D eigenvalue weighted by molar-refractivity contribution is 5.89. The molecule has 0 unspecified atom stereocenters. The maximum atomic E-state index is 15.5. The molecule has 0 radical (unpaired) electrons. The molecule has 3 nitrogen and oxygen atoms in total. The molecule has 0 bridgehead atoms. The number of hydrogen-bond donors (Lipinski definition) is 1. The lowest BCUT2D eigenvalue weighted by atomic mass is 9.73. The Morgan fingerprint density at radius 2 is 1.92 bits per heavy atom. The fraction of sp³-hybridized carbons (Fsp3) is 0.368. The van der Waals surface area contributed by atoms with Crippen LogP contribution >= 0.6 is 0 Å². The van der Waals surface area contributed by atoms with E-state index < -0.39 is 40.9 Å². The number of hydrogen-bond acceptors (Lipinski definition) is 3. The lowest BCUT2D eigenvalue weighted by Crippen LogP contribution is -2.42. The number of benzene rings is 1. The SMILES string of the molecule is C[C@]1(O)CC[C@@](F)(C(=O)CCc2ccc(F)c(F)c2F)c2cccnc21. The molecule has 26 heavy (non-hydrogen) atoms. The van der Waals surface area contributed by atoms with Crippen molar-refractivity contribution in [1.82, 2.24) is 4.98 Å². The number of carbonyl (C=O) groups is 1. The fourth-order valence-corrected chi connectivity index (χ4v) is 3.32. The van der Waals surface area contributed by atoms with E-state index in [-0.39, 0.29) is 36.1 Å². The smallest absolute Gasteiger partial charge is 0.195 e. The lowest BCUT2D eigenvalue weighted by molar-refractivity contribution is -0.134. The van der Waals surface area contributed by atoms with Gasteiger partial charge in [0.15, 0.2) is 28.9 Å². The molecule has 0 spiro atoms.